The van der Waals surface area contributed by atoms with Crippen LogP contribution in [0.3, 0.4) is 0 Å². The third-order valence-corrected chi connectivity index (χ3v) is 3.85. The van der Waals surface area contributed by atoms with Crippen molar-refractivity contribution in [2.75, 3.05) is 19.8 Å². The molecule has 1 aliphatic heterocycles. The van der Waals surface area contributed by atoms with Gasteiger partial charge in [-0.1, -0.05) is 6.92 Å². The molecule has 2 rings (SSSR count). The van der Waals surface area contributed by atoms with Crippen molar-refractivity contribution in [1.29, 1.82) is 0 Å². The molecule has 1 atom stereocenters. The van der Waals surface area contributed by atoms with Gasteiger partial charge < -0.3 is 14.8 Å². The summed E-state index contributed by atoms with van der Waals surface area (Å²) >= 11 is 1.84. The van der Waals surface area contributed by atoms with Crippen LogP contribution in [0.15, 0.2) is 12.1 Å². The Kier molecular flexibility index (Phi) is 5.45. The topological polar surface area (TPSA) is 30.5 Å². The number of rotatable bonds is 7. The summed E-state index contributed by atoms with van der Waals surface area (Å²) in [6, 6.07) is 4.36. The zero-order chi connectivity index (χ0) is 11.9. The van der Waals surface area contributed by atoms with Crippen molar-refractivity contribution < 1.29 is 9.47 Å². The van der Waals surface area contributed by atoms with E-state index in [0.717, 1.165) is 39.3 Å². The average Bonchev–Trinajstić information content (AvgIpc) is 2.98. The van der Waals surface area contributed by atoms with Gasteiger partial charge in [-0.15, -0.1) is 11.3 Å². The number of nitrogens with one attached hydrogen (secondary N) is 1. The molecule has 0 aliphatic carbocycles. The highest BCUT2D eigenvalue weighted by Crippen LogP contribution is 2.19. The van der Waals surface area contributed by atoms with Gasteiger partial charge in [0.2, 0.25) is 0 Å². The van der Waals surface area contributed by atoms with Crippen molar-refractivity contribution >= 4 is 11.3 Å². The third kappa shape index (κ3) is 4.39. The number of hydrogen-bond acceptors (Lipinski definition) is 4. The first-order valence-electron chi connectivity index (χ1n) is 6.36. The van der Waals surface area contributed by atoms with E-state index in [9.17, 15) is 0 Å². The van der Waals surface area contributed by atoms with E-state index in [4.69, 9.17) is 9.47 Å². The van der Waals surface area contributed by atoms with Gasteiger partial charge in [0.15, 0.2) is 0 Å². The fourth-order valence-electron chi connectivity index (χ4n) is 1.83. The molecule has 0 spiro atoms. The molecule has 1 aliphatic rings. The van der Waals surface area contributed by atoms with Crippen LogP contribution in [0.25, 0.3) is 0 Å². The van der Waals surface area contributed by atoms with E-state index >= 15 is 0 Å². The molecule has 1 N–H and O–H groups in total. The molecule has 4 heteroatoms. The van der Waals surface area contributed by atoms with Crippen LogP contribution < -0.4 is 5.32 Å². The van der Waals surface area contributed by atoms with Crippen molar-refractivity contribution in [1.82, 2.24) is 5.32 Å². The Labute approximate surface area is 107 Å². The van der Waals surface area contributed by atoms with Crippen LogP contribution in [0.4, 0.5) is 0 Å². The van der Waals surface area contributed by atoms with Gasteiger partial charge in [-0.25, -0.2) is 0 Å². The minimum atomic E-state index is 0.304. The first-order valence-corrected chi connectivity index (χ1v) is 7.17. The van der Waals surface area contributed by atoms with Crippen molar-refractivity contribution in [2.24, 2.45) is 0 Å². The van der Waals surface area contributed by atoms with Gasteiger partial charge in [0.1, 0.15) is 0 Å². The summed E-state index contributed by atoms with van der Waals surface area (Å²) in [7, 11) is 0. The highest BCUT2D eigenvalue weighted by Gasteiger charge is 2.16. The molecule has 1 saturated heterocycles. The summed E-state index contributed by atoms with van der Waals surface area (Å²) in [6.07, 6.45) is 2.53. The largest absolute Gasteiger partial charge is 0.379 e. The molecular formula is C13H21NO2S. The summed E-state index contributed by atoms with van der Waals surface area (Å²) in [5, 5.41) is 3.41. The number of ether oxygens (including phenoxy) is 2. The molecule has 0 aromatic carbocycles. The lowest BCUT2D eigenvalue weighted by atomic mass is 10.3. The van der Waals surface area contributed by atoms with Gasteiger partial charge in [-0.2, -0.15) is 0 Å². The van der Waals surface area contributed by atoms with Crippen molar-refractivity contribution in [3.63, 3.8) is 0 Å². The predicted octanol–water partition coefficient (Wildman–Crippen LogP) is 2.55. The quantitative estimate of drug-likeness (QED) is 0.760. The lowest BCUT2D eigenvalue weighted by molar-refractivity contribution is 0.0331. The summed E-state index contributed by atoms with van der Waals surface area (Å²) in [6.45, 7) is 6.59. The Balaban J connectivity index is 1.69. The molecule has 17 heavy (non-hydrogen) atoms. The van der Waals surface area contributed by atoms with Crippen LogP contribution in [0.5, 0.6) is 0 Å². The molecule has 96 valence electrons. The Bertz CT molecular complexity index is 321. The second-order valence-corrected chi connectivity index (χ2v) is 5.59. The number of hydrogen-bond donors (Lipinski definition) is 1. The minimum absolute atomic E-state index is 0.304. The Morgan fingerprint density at radius 2 is 2.35 bits per heavy atom. The SMILES string of the molecule is CCCNCc1ccc(COC2CCOC2)s1. The lowest BCUT2D eigenvalue weighted by Crippen LogP contribution is -2.12. The standard InChI is InChI=1S/C13H21NO2S/c1-2-6-14-8-12-3-4-13(17-12)10-16-11-5-7-15-9-11/h3-4,11,14H,2,5-10H2,1H3. The van der Waals surface area contributed by atoms with Gasteiger partial charge in [0, 0.05) is 22.9 Å². The second kappa shape index (κ2) is 7.11. The van der Waals surface area contributed by atoms with E-state index in [1.165, 1.54) is 16.2 Å². The Morgan fingerprint density at radius 1 is 1.47 bits per heavy atom. The third-order valence-electron chi connectivity index (χ3n) is 2.79. The second-order valence-electron chi connectivity index (χ2n) is 4.34. The highest BCUT2D eigenvalue weighted by atomic mass is 32.1. The molecule has 0 amide bonds. The van der Waals surface area contributed by atoms with Gasteiger partial charge in [-0.05, 0) is 31.5 Å². The zero-order valence-corrected chi connectivity index (χ0v) is 11.2. The Hall–Kier alpha value is -0.420. The Morgan fingerprint density at radius 3 is 3.12 bits per heavy atom. The number of thiophene rings is 1. The van der Waals surface area contributed by atoms with E-state index in [-0.39, 0.29) is 0 Å². The maximum absolute atomic E-state index is 5.79. The normalized spacial score (nSPS) is 19.9. The summed E-state index contributed by atoms with van der Waals surface area (Å²) < 4.78 is 11.1. The molecule has 2 heterocycles. The summed E-state index contributed by atoms with van der Waals surface area (Å²) in [4.78, 5) is 2.70. The van der Waals surface area contributed by atoms with Crippen molar-refractivity contribution in [2.45, 2.75) is 39.0 Å². The smallest absolute Gasteiger partial charge is 0.0835 e. The molecule has 0 saturated carbocycles. The van der Waals surface area contributed by atoms with Crippen LogP contribution in [0, 0.1) is 0 Å². The van der Waals surface area contributed by atoms with E-state index in [1.54, 1.807) is 0 Å². The molecule has 1 fully saturated rings. The van der Waals surface area contributed by atoms with Crippen molar-refractivity contribution in [3.05, 3.63) is 21.9 Å². The zero-order valence-electron chi connectivity index (χ0n) is 10.4. The maximum Gasteiger partial charge on any atom is 0.0835 e. The van der Waals surface area contributed by atoms with E-state index < -0.39 is 0 Å². The van der Waals surface area contributed by atoms with E-state index in [1.807, 2.05) is 11.3 Å². The first-order chi connectivity index (χ1) is 8.38. The minimum Gasteiger partial charge on any atom is -0.379 e. The van der Waals surface area contributed by atoms with E-state index in [2.05, 4.69) is 24.4 Å². The van der Waals surface area contributed by atoms with Gasteiger partial charge >= 0.3 is 0 Å². The average molecular weight is 255 g/mol. The van der Waals surface area contributed by atoms with Gasteiger partial charge in [-0.3, -0.25) is 0 Å². The van der Waals surface area contributed by atoms with Crippen LogP contribution in [0.2, 0.25) is 0 Å². The van der Waals surface area contributed by atoms with Gasteiger partial charge in [0.25, 0.3) is 0 Å². The molecule has 1 aromatic rings. The fraction of sp³-hybridized carbons (Fsp3) is 0.692. The van der Waals surface area contributed by atoms with Crippen LogP contribution in [-0.2, 0) is 22.6 Å². The highest BCUT2D eigenvalue weighted by molar-refractivity contribution is 7.11. The van der Waals surface area contributed by atoms with Crippen LogP contribution in [0.1, 0.15) is 29.5 Å². The van der Waals surface area contributed by atoms with Gasteiger partial charge in [0.05, 0.1) is 19.3 Å². The molecule has 0 radical (unpaired) electrons. The molecule has 1 unspecified atom stereocenters. The monoisotopic (exact) mass is 255 g/mol. The van der Waals surface area contributed by atoms with Crippen LogP contribution in [-0.4, -0.2) is 25.9 Å². The molecule has 3 nitrogen and oxygen atoms in total. The fourth-order valence-corrected chi connectivity index (χ4v) is 2.74. The predicted molar refractivity (Wildman–Crippen MR) is 70.3 cm³/mol. The lowest BCUT2D eigenvalue weighted by Gasteiger charge is -2.07. The molecule has 0 bridgehead atoms. The maximum atomic E-state index is 5.79. The molecule has 1 aromatic heterocycles. The summed E-state index contributed by atoms with van der Waals surface area (Å²) in [5.74, 6) is 0. The van der Waals surface area contributed by atoms with Crippen molar-refractivity contribution in [3.8, 4) is 0 Å². The summed E-state index contributed by atoms with van der Waals surface area (Å²) in [5.41, 5.74) is 0. The molecular weight excluding hydrogens is 234 g/mol. The van der Waals surface area contributed by atoms with Crippen LogP contribution >= 0.6 is 11.3 Å². The van der Waals surface area contributed by atoms with E-state index in [0.29, 0.717) is 6.10 Å². The first kappa shape index (κ1) is 13.0.